The van der Waals surface area contributed by atoms with Crippen LogP contribution in [0.3, 0.4) is 0 Å². The molecule has 0 aliphatic heterocycles. The lowest BCUT2D eigenvalue weighted by molar-refractivity contribution is 0.290. The third-order valence-electron chi connectivity index (χ3n) is 3.85. The maximum Gasteiger partial charge on any atom is 0.155 e. The summed E-state index contributed by atoms with van der Waals surface area (Å²) in [5.41, 5.74) is 2.90. The average molecular weight is 337 g/mol. The second-order valence-electron chi connectivity index (χ2n) is 5.57. The van der Waals surface area contributed by atoms with Gasteiger partial charge in [0.05, 0.1) is 13.3 Å². The average Bonchev–Trinajstić information content (AvgIpc) is 3.31. The molecule has 4 aromatic rings. The van der Waals surface area contributed by atoms with E-state index in [-0.39, 0.29) is 6.67 Å². The number of aromatic nitrogens is 5. The van der Waals surface area contributed by atoms with Gasteiger partial charge in [-0.15, -0.1) is 0 Å². The summed E-state index contributed by atoms with van der Waals surface area (Å²) in [6.45, 7) is 0.00965. The fraction of sp³-hybridized carbons (Fsp3) is 0.167. The molecule has 3 aromatic heterocycles. The number of H-pyrrole nitrogens is 1. The lowest BCUT2D eigenvalue weighted by Crippen LogP contribution is -1.97. The fourth-order valence-corrected chi connectivity index (χ4v) is 2.60. The van der Waals surface area contributed by atoms with Crippen molar-refractivity contribution in [1.82, 2.24) is 24.7 Å². The molecule has 0 unspecified atom stereocenters. The Labute approximate surface area is 143 Å². The number of pyridine rings is 1. The van der Waals surface area contributed by atoms with Gasteiger partial charge in [0, 0.05) is 40.8 Å². The molecule has 0 fully saturated rings. The maximum absolute atomic E-state index is 12.2. The summed E-state index contributed by atoms with van der Waals surface area (Å²) in [6.07, 6.45) is 5.27. The molecule has 0 spiro atoms. The molecule has 0 aliphatic carbocycles. The van der Waals surface area contributed by atoms with Crippen LogP contribution in [0.1, 0.15) is 6.42 Å². The number of fused-ring (bicyclic) bond motifs is 1. The maximum atomic E-state index is 12.2. The van der Waals surface area contributed by atoms with Gasteiger partial charge in [-0.3, -0.25) is 4.39 Å². The van der Waals surface area contributed by atoms with E-state index in [1.165, 1.54) is 6.33 Å². The van der Waals surface area contributed by atoms with Gasteiger partial charge in [0.25, 0.3) is 0 Å². The molecule has 6 nitrogen and oxygen atoms in total. The fourth-order valence-electron chi connectivity index (χ4n) is 2.60. The van der Waals surface area contributed by atoms with Crippen LogP contribution in [0.5, 0.6) is 5.75 Å². The van der Waals surface area contributed by atoms with Crippen molar-refractivity contribution in [3.05, 3.63) is 55.2 Å². The topological polar surface area (TPSA) is 68.6 Å². The number of hydrogen-bond donors (Lipinski definition) is 1. The Hall–Kier alpha value is -3.22. The molecule has 0 aliphatic rings. The minimum absolute atomic E-state index is 0.369. The summed E-state index contributed by atoms with van der Waals surface area (Å²) in [4.78, 5) is 11.7. The molecule has 1 aromatic carbocycles. The van der Waals surface area contributed by atoms with Crippen LogP contribution in [0, 0.1) is 0 Å². The number of benzene rings is 1. The smallest absolute Gasteiger partial charge is 0.155 e. The largest absolute Gasteiger partial charge is 0.493 e. The highest BCUT2D eigenvalue weighted by Crippen LogP contribution is 2.27. The zero-order valence-corrected chi connectivity index (χ0v) is 13.4. The zero-order valence-electron chi connectivity index (χ0n) is 13.4. The molecule has 126 valence electrons. The van der Waals surface area contributed by atoms with Crippen LogP contribution in [0.25, 0.3) is 28.0 Å². The Morgan fingerprint density at radius 1 is 1.16 bits per heavy atom. The van der Waals surface area contributed by atoms with Crippen LogP contribution < -0.4 is 4.74 Å². The van der Waals surface area contributed by atoms with Crippen LogP contribution in [-0.2, 0) is 0 Å². The zero-order chi connectivity index (χ0) is 17.1. The van der Waals surface area contributed by atoms with Crippen molar-refractivity contribution >= 4 is 10.9 Å². The normalized spacial score (nSPS) is 11.1. The molecule has 0 atom stereocenters. The van der Waals surface area contributed by atoms with Gasteiger partial charge in [0.1, 0.15) is 18.4 Å². The van der Waals surface area contributed by atoms with E-state index in [1.54, 1.807) is 17.2 Å². The Bertz CT molecular complexity index is 963. The number of halogens is 1. The van der Waals surface area contributed by atoms with Crippen molar-refractivity contribution in [3.8, 4) is 22.8 Å². The van der Waals surface area contributed by atoms with Gasteiger partial charge in [-0.2, -0.15) is 5.10 Å². The molecule has 0 saturated carbocycles. The highest BCUT2D eigenvalue weighted by atomic mass is 19.1. The van der Waals surface area contributed by atoms with Crippen molar-refractivity contribution in [3.63, 3.8) is 0 Å². The summed E-state index contributed by atoms with van der Waals surface area (Å²) in [5.74, 6) is 1.44. The third-order valence-corrected chi connectivity index (χ3v) is 3.85. The number of aromatic amines is 1. The molecular weight excluding hydrogens is 321 g/mol. The summed E-state index contributed by atoms with van der Waals surface area (Å²) >= 11 is 0. The van der Waals surface area contributed by atoms with E-state index in [0.29, 0.717) is 18.8 Å². The van der Waals surface area contributed by atoms with Gasteiger partial charge in [-0.05, 0) is 30.3 Å². The van der Waals surface area contributed by atoms with Crippen molar-refractivity contribution in [2.24, 2.45) is 0 Å². The lowest BCUT2D eigenvalue weighted by atomic mass is 10.2. The van der Waals surface area contributed by atoms with Crippen LogP contribution in [-0.4, -0.2) is 38.0 Å². The van der Waals surface area contributed by atoms with Gasteiger partial charge in [0.2, 0.25) is 0 Å². The van der Waals surface area contributed by atoms with Gasteiger partial charge in [-0.1, -0.05) is 0 Å². The quantitative estimate of drug-likeness (QED) is 0.546. The molecule has 0 radical (unpaired) electrons. The molecule has 0 bridgehead atoms. The summed E-state index contributed by atoms with van der Waals surface area (Å²) < 4.78 is 19.3. The van der Waals surface area contributed by atoms with E-state index in [4.69, 9.17) is 4.74 Å². The summed E-state index contributed by atoms with van der Waals surface area (Å²) in [5, 5.41) is 5.14. The molecular formula is C18H16FN5O. The second kappa shape index (κ2) is 6.72. The number of nitrogens with zero attached hydrogens (tertiary/aromatic N) is 4. The van der Waals surface area contributed by atoms with Crippen molar-refractivity contribution in [2.75, 3.05) is 13.3 Å². The minimum atomic E-state index is -0.369. The molecule has 0 saturated heterocycles. The molecule has 4 rings (SSSR count). The first kappa shape index (κ1) is 15.3. The van der Waals surface area contributed by atoms with E-state index < -0.39 is 0 Å². The molecule has 3 heterocycles. The number of rotatable bonds is 6. The number of alkyl halides is 1. The first-order valence-corrected chi connectivity index (χ1v) is 7.96. The number of nitrogens with one attached hydrogen (secondary N) is 1. The van der Waals surface area contributed by atoms with Crippen molar-refractivity contribution in [2.45, 2.75) is 6.42 Å². The van der Waals surface area contributed by atoms with Crippen LogP contribution in [0.15, 0.2) is 55.2 Å². The highest BCUT2D eigenvalue weighted by molar-refractivity contribution is 5.86. The van der Waals surface area contributed by atoms with Gasteiger partial charge < -0.3 is 9.72 Å². The van der Waals surface area contributed by atoms with Crippen molar-refractivity contribution < 1.29 is 9.13 Å². The predicted octanol–water partition coefficient (Wildman–Crippen LogP) is 3.55. The standard InChI is InChI=1S/C18H16FN5O/c19-6-1-7-25-15-4-2-13-8-16(23-17(13)9-15)14-3-5-18(21-10-14)24-12-20-11-22-24/h2-5,8-12,23H,1,6-7H2. The van der Waals surface area contributed by atoms with E-state index in [0.717, 1.165) is 27.9 Å². The van der Waals surface area contributed by atoms with Gasteiger partial charge in [0.15, 0.2) is 5.82 Å². The second-order valence-corrected chi connectivity index (χ2v) is 5.57. The van der Waals surface area contributed by atoms with Crippen LogP contribution in [0.2, 0.25) is 0 Å². The minimum Gasteiger partial charge on any atom is -0.493 e. The highest BCUT2D eigenvalue weighted by Gasteiger charge is 2.06. The monoisotopic (exact) mass is 337 g/mol. The first-order chi connectivity index (χ1) is 12.3. The van der Waals surface area contributed by atoms with E-state index in [9.17, 15) is 4.39 Å². The van der Waals surface area contributed by atoms with Gasteiger partial charge >= 0.3 is 0 Å². The molecule has 7 heteroatoms. The lowest BCUT2D eigenvalue weighted by Gasteiger charge is -2.04. The van der Waals surface area contributed by atoms with E-state index in [2.05, 4.69) is 26.1 Å². The first-order valence-electron chi connectivity index (χ1n) is 7.96. The van der Waals surface area contributed by atoms with E-state index in [1.807, 2.05) is 30.3 Å². The summed E-state index contributed by atoms with van der Waals surface area (Å²) in [6, 6.07) is 11.7. The molecule has 1 N–H and O–H groups in total. The Morgan fingerprint density at radius 2 is 2.12 bits per heavy atom. The molecule has 0 amide bonds. The Kier molecular flexibility index (Phi) is 4.12. The molecule has 25 heavy (non-hydrogen) atoms. The number of ether oxygens (including phenoxy) is 1. The van der Waals surface area contributed by atoms with Gasteiger partial charge in [-0.25, -0.2) is 14.6 Å². The Balaban J connectivity index is 1.58. The van der Waals surface area contributed by atoms with Crippen LogP contribution >= 0.6 is 0 Å². The third kappa shape index (κ3) is 3.21. The van der Waals surface area contributed by atoms with Crippen molar-refractivity contribution in [1.29, 1.82) is 0 Å². The predicted molar refractivity (Wildman–Crippen MR) is 92.5 cm³/mol. The Morgan fingerprint density at radius 3 is 2.88 bits per heavy atom. The SMILES string of the molecule is FCCCOc1ccc2cc(-c3ccc(-n4cncn4)nc3)[nH]c2c1. The van der Waals surface area contributed by atoms with E-state index >= 15 is 0 Å². The number of hydrogen-bond acceptors (Lipinski definition) is 4. The summed E-state index contributed by atoms with van der Waals surface area (Å²) in [7, 11) is 0. The van der Waals surface area contributed by atoms with Crippen LogP contribution in [0.4, 0.5) is 4.39 Å².